The Morgan fingerprint density at radius 1 is 1.15 bits per heavy atom. The van der Waals surface area contributed by atoms with Crippen molar-refractivity contribution in [3.05, 3.63) is 58.1 Å². The maximum atomic E-state index is 12.8. The van der Waals surface area contributed by atoms with Crippen LogP contribution >= 0.6 is 11.6 Å². The van der Waals surface area contributed by atoms with Gasteiger partial charge >= 0.3 is 0 Å². The fraction of sp³-hybridized carbons (Fsp3) is 0.375. The second-order valence-electron chi connectivity index (χ2n) is 8.55. The molecule has 0 unspecified atom stereocenters. The maximum absolute atomic E-state index is 12.8. The first-order chi connectivity index (χ1) is 15.9. The summed E-state index contributed by atoms with van der Waals surface area (Å²) in [6, 6.07) is 7.82. The van der Waals surface area contributed by atoms with Gasteiger partial charge in [-0.3, -0.25) is 4.79 Å². The van der Waals surface area contributed by atoms with Crippen LogP contribution in [0.3, 0.4) is 0 Å². The van der Waals surface area contributed by atoms with E-state index in [1.165, 1.54) is 0 Å². The van der Waals surface area contributed by atoms with Gasteiger partial charge in [0.25, 0.3) is 5.56 Å². The van der Waals surface area contributed by atoms with Crippen molar-refractivity contribution in [2.75, 3.05) is 54.4 Å². The number of piperazine rings is 1. The fourth-order valence-corrected chi connectivity index (χ4v) is 4.55. The number of benzene rings is 1. The summed E-state index contributed by atoms with van der Waals surface area (Å²) in [7, 11) is 1.80. The van der Waals surface area contributed by atoms with Gasteiger partial charge in [0.15, 0.2) is 5.82 Å². The Morgan fingerprint density at radius 2 is 1.94 bits per heavy atom. The van der Waals surface area contributed by atoms with E-state index in [0.29, 0.717) is 22.5 Å². The molecule has 2 aliphatic heterocycles. The van der Waals surface area contributed by atoms with Crippen molar-refractivity contribution in [2.24, 2.45) is 7.05 Å². The minimum Gasteiger partial charge on any atom is -0.341 e. The summed E-state index contributed by atoms with van der Waals surface area (Å²) >= 11 is 6.43. The van der Waals surface area contributed by atoms with Crippen LogP contribution in [0.15, 0.2) is 47.5 Å². The summed E-state index contributed by atoms with van der Waals surface area (Å²) in [5, 5.41) is 4.76. The number of likely N-dealkylation sites (N-methyl/N-ethyl adjacent to an activating group) is 1. The number of halogens is 1. The van der Waals surface area contributed by atoms with Gasteiger partial charge in [0.05, 0.1) is 11.7 Å². The largest absolute Gasteiger partial charge is 0.341 e. The highest BCUT2D eigenvalue weighted by Crippen LogP contribution is 2.30. The smallest absolute Gasteiger partial charge is 0.274 e. The lowest BCUT2D eigenvalue weighted by molar-refractivity contribution is 0.270. The molecule has 9 heteroatoms. The van der Waals surface area contributed by atoms with Crippen molar-refractivity contribution in [2.45, 2.75) is 13.3 Å². The molecule has 0 radical (unpaired) electrons. The van der Waals surface area contributed by atoms with Gasteiger partial charge in [-0.15, -0.1) is 0 Å². The average Bonchev–Trinajstić information content (AvgIpc) is 2.82. The molecule has 8 nitrogen and oxygen atoms in total. The summed E-state index contributed by atoms with van der Waals surface area (Å²) < 4.78 is 1.69. The van der Waals surface area contributed by atoms with Crippen LogP contribution in [-0.2, 0) is 7.05 Å². The summed E-state index contributed by atoms with van der Waals surface area (Å²) in [6.07, 6.45) is 2.57. The normalized spacial score (nSPS) is 16.9. The predicted octanol–water partition coefficient (Wildman–Crippen LogP) is 3.59. The average molecular weight is 466 g/mol. The van der Waals surface area contributed by atoms with E-state index in [2.05, 4.69) is 33.6 Å². The number of nitrogens with zero attached hydrogens (tertiary/aromatic N) is 6. The molecule has 0 aliphatic carbocycles. The van der Waals surface area contributed by atoms with E-state index < -0.39 is 0 Å². The lowest BCUT2D eigenvalue weighted by Crippen LogP contribution is -2.46. The summed E-state index contributed by atoms with van der Waals surface area (Å²) in [5.74, 6) is 1.25. The van der Waals surface area contributed by atoms with E-state index in [4.69, 9.17) is 16.6 Å². The first-order valence-corrected chi connectivity index (χ1v) is 11.7. The number of rotatable bonds is 5. The van der Waals surface area contributed by atoms with Crippen LogP contribution in [0, 0.1) is 0 Å². The van der Waals surface area contributed by atoms with Gasteiger partial charge < -0.3 is 24.6 Å². The minimum atomic E-state index is -0.0179. The van der Waals surface area contributed by atoms with Crippen LogP contribution in [0.5, 0.6) is 0 Å². The van der Waals surface area contributed by atoms with Crippen molar-refractivity contribution in [1.29, 1.82) is 0 Å². The summed E-state index contributed by atoms with van der Waals surface area (Å²) in [4.78, 5) is 28.6. The van der Waals surface area contributed by atoms with Crippen molar-refractivity contribution in [3.63, 3.8) is 0 Å². The zero-order valence-corrected chi connectivity index (χ0v) is 19.8. The molecule has 3 aromatic rings. The summed E-state index contributed by atoms with van der Waals surface area (Å²) in [6.45, 7) is 11.9. The van der Waals surface area contributed by atoms with Crippen molar-refractivity contribution >= 4 is 45.6 Å². The molecular weight excluding hydrogens is 438 g/mol. The molecule has 5 rings (SSSR count). The molecule has 4 heterocycles. The highest BCUT2D eigenvalue weighted by molar-refractivity contribution is 6.32. The molecule has 0 spiro atoms. The van der Waals surface area contributed by atoms with Gasteiger partial charge in [-0.25, -0.2) is 4.98 Å². The molecule has 2 saturated heterocycles. The van der Waals surface area contributed by atoms with Crippen LogP contribution < -0.4 is 20.7 Å². The van der Waals surface area contributed by atoms with Gasteiger partial charge in [-0.05, 0) is 30.8 Å². The Balaban J connectivity index is 1.44. The lowest BCUT2D eigenvalue weighted by atomic mass is 10.1. The Kier molecular flexibility index (Phi) is 5.72. The van der Waals surface area contributed by atoms with E-state index in [-0.39, 0.29) is 5.56 Å². The van der Waals surface area contributed by atoms with Gasteiger partial charge in [-0.2, -0.15) is 4.98 Å². The Bertz CT molecular complexity index is 1280. The molecule has 2 aromatic heterocycles. The first kappa shape index (κ1) is 21.7. The topological polar surface area (TPSA) is 69.5 Å². The zero-order chi connectivity index (χ0) is 23.1. The van der Waals surface area contributed by atoms with E-state index in [0.717, 1.165) is 68.0 Å². The number of aryl methyl sites for hydroxylation is 1. The summed E-state index contributed by atoms with van der Waals surface area (Å²) in [5.41, 5.74) is 3.32. The van der Waals surface area contributed by atoms with E-state index in [1.807, 2.05) is 29.2 Å². The Hall–Kier alpha value is -3.10. The molecular formula is C24H28ClN7O. The minimum absolute atomic E-state index is 0.0179. The van der Waals surface area contributed by atoms with Crippen molar-refractivity contribution in [3.8, 4) is 0 Å². The number of hydrogen-bond donors (Lipinski definition) is 1. The number of anilines is 4. The Morgan fingerprint density at radius 3 is 2.61 bits per heavy atom. The quantitative estimate of drug-likeness (QED) is 0.617. The molecule has 2 fully saturated rings. The van der Waals surface area contributed by atoms with Gasteiger partial charge in [0.2, 0.25) is 5.95 Å². The first-order valence-electron chi connectivity index (χ1n) is 11.3. The fourth-order valence-electron chi connectivity index (χ4n) is 4.41. The van der Waals surface area contributed by atoms with Crippen molar-refractivity contribution in [1.82, 2.24) is 19.4 Å². The molecule has 2 aliphatic rings. The highest BCUT2D eigenvalue weighted by Gasteiger charge is 2.23. The number of nitrogens with one attached hydrogen (secondary N) is 1. The van der Waals surface area contributed by atoms with Gasteiger partial charge in [0.1, 0.15) is 10.7 Å². The molecule has 33 heavy (non-hydrogen) atoms. The second-order valence-corrected chi connectivity index (χ2v) is 8.96. The monoisotopic (exact) mass is 465 g/mol. The molecule has 0 amide bonds. The lowest BCUT2D eigenvalue weighted by Gasteiger charge is -2.35. The third kappa shape index (κ3) is 4.05. The van der Waals surface area contributed by atoms with Crippen LogP contribution in [0.4, 0.5) is 23.1 Å². The second kappa shape index (κ2) is 8.68. The SMILES string of the molecule is C=C1CCN1c1cc2cc(Nc3nc(N4CCN(CC)CC4)ncc3Cl)ccc2n(C)c1=O. The van der Waals surface area contributed by atoms with Crippen LogP contribution in [0.1, 0.15) is 13.3 Å². The van der Waals surface area contributed by atoms with Crippen molar-refractivity contribution < 1.29 is 0 Å². The third-order valence-corrected chi connectivity index (χ3v) is 6.87. The number of pyridine rings is 1. The van der Waals surface area contributed by atoms with Crippen LogP contribution in [0.2, 0.25) is 5.02 Å². The highest BCUT2D eigenvalue weighted by atomic mass is 35.5. The van der Waals surface area contributed by atoms with Gasteiger partial charge in [0, 0.05) is 63.0 Å². The number of fused-ring (bicyclic) bond motifs is 1. The molecule has 0 saturated carbocycles. The third-order valence-electron chi connectivity index (χ3n) is 6.60. The molecule has 0 bridgehead atoms. The Labute approximate surface area is 198 Å². The maximum Gasteiger partial charge on any atom is 0.274 e. The van der Waals surface area contributed by atoms with Crippen LogP contribution in [0.25, 0.3) is 10.9 Å². The van der Waals surface area contributed by atoms with E-state index >= 15 is 0 Å². The zero-order valence-electron chi connectivity index (χ0n) is 19.0. The molecule has 0 atom stereocenters. The number of aromatic nitrogens is 3. The predicted molar refractivity (Wildman–Crippen MR) is 135 cm³/mol. The van der Waals surface area contributed by atoms with Gasteiger partial charge in [-0.1, -0.05) is 25.1 Å². The van der Waals surface area contributed by atoms with E-state index in [1.54, 1.807) is 17.8 Å². The van der Waals surface area contributed by atoms with Crippen LogP contribution in [-0.4, -0.2) is 58.7 Å². The molecule has 1 N–H and O–H groups in total. The molecule has 172 valence electrons. The molecule has 1 aromatic carbocycles. The standard InChI is InChI=1S/C24H28ClN7O/c1-4-30-9-11-31(12-10-30)24-26-15-19(25)22(28-24)27-18-5-6-20-17(13-18)14-21(23(33)29(20)3)32-8-7-16(32)2/h5-6,13-15H,2,4,7-12H2,1,3H3,(H,26,27,28). The van der Waals surface area contributed by atoms with E-state index in [9.17, 15) is 4.79 Å². The number of hydrogen-bond acceptors (Lipinski definition) is 7.